The number of nitriles is 1. The Balaban J connectivity index is 1.76. The Labute approximate surface area is 200 Å². The lowest BCUT2D eigenvalue weighted by Crippen LogP contribution is -2.19. The van der Waals surface area contributed by atoms with E-state index in [0.717, 1.165) is 16.6 Å². The van der Waals surface area contributed by atoms with Crippen LogP contribution in [-0.2, 0) is 7.05 Å². The van der Waals surface area contributed by atoms with E-state index in [9.17, 15) is 10.1 Å². The van der Waals surface area contributed by atoms with Gasteiger partial charge in [-0.05, 0) is 48.9 Å². The minimum atomic E-state index is -0.366. The average molecular weight is 463 g/mol. The molecule has 0 spiro atoms. The summed E-state index contributed by atoms with van der Waals surface area (Å²) in [7, 11) is 3.37. The summed E-state index contributed by atoms with van der Waals surface area (Å²) in [6, 6.07) is 20.5. The van der Waals surface area contributed by atoms with Crippen LogP contribution in [0.5, 0.6) is 17.4 Å². The number of para-hydroxylation sites is 4. The number of rotatable bonds is 5. The molecule has 2 aromatic carbocycles. The first kappa shape index (κ1) is 21.9. The standard InChI is InChI=1S/C27H21N5O3/c1-17-9-8-14-32-24(17)30-26(35-23-13-7-6-12-22(23)34-3)19(27(32)33)15-18(16-28)25-29-20-10-4-5-11-21(20)31(25)2/h4-15H,1-3H3. The SMILES string of the molecule is COc1ccccc1Oc1nc2c(C)cccn2c(=O)c1C=C(C#N)c1nc2ccccc2n1C. The molecule has 0 saturated carbocycles. The molecule has 3 aromatic heterocycles. The van der Waals surface area contributed by atoms with Gasteiger partial charge < -0.3 is 14.0 Å². The Hall–Kier alpha value is -4.90. The van der Waals surface area contributed by atoms with E-state index in [4.69, 9.17) is 9.47 Å². The topological polar surface area (TPSA) is 94.4 Å². The van der Waals surface area contributed by atoms with Crippen molar-refractivity contribution >= 4 is 28.3 Å². The van der Waals surface area contributed by atoms with Gasteiger partial charge in [0.15, 0.2) is 17.3 Å². The van der Waals surface area contributed by atoms with Crippen LogP contribution in [0.4, 0.5) is 0 Å². The van der Waals surface area contributed by atoms with E-state index in [2.05, 4.69) is 16.0 Å². The number of fused-ring (bicyclic) bond motifs is 2. The lowest BCUT2D eigenvalue weighted by Gasteiger charge is -2.13. The van der Waals surface area contributed by atoms with Gasteiger partial charge >= 0.3 is 0 Å². The van der Waals surface area contributed by atoms with Crippen molar-refractivity contribution in [3.8, 4) is 23.4 Å². The molecular formula is C27H21N5O3. The van der Waals surface area contributed by atoms with E-state index in [1.807, 2.05) is 54.9 Å². The van der Waals surface area contributed by atoms with Crippen molar-refractivity contribution in [1.29, 1.82) is 5.26 Å². The van der Waals surface area contributed by atoms with E-state index in [1.54, 1.807) is 30.5 Å². The zero-order chi connectivity index (χ0) is 24.5. The molecule has 172 valence electrons. The molecule has 0 amide bonds. The van der Waals surface area contributed by atoms with Gasteiger partial charge in [-0.2, -0.15) is 10.2 Å². The van der Waals surface area contributed by atoms with E-state index in [1.165, 1.54) is 17.6 Å². The number of ether oxygens (including phenoxy) is 2. The largest absolute Gasteiger partial charge is 0.493 e. The quantitative estimate of drug-likeness (QED) is 0.349. The smallest absolute Gasteiger partial charge is 0.269 e. The van der Waals surface area contributed by atoms with E-state index in [-0.39, 0.29) is 22.6 Å². The maximum atomic E-state index is 13.6. The fourth-order valence-corrected chi connectivity index (χ4v) is 3.98. The lowest BCUT2D eigenvalue weighted by molar-refractivity contribution is 0.374. The van der Waals surface area contributed by atoms with Crippen LogP contribution in [0.1, 0.15) is 17.0 Å². The van der Waals surface area contributed by atoms with Gasteiger partial charge in [-0.15, -0.1) is 0 Å². The maximum Gasteiger partial charge on any atom is 0.269 e. The maximum absolute atomic E-state index is 13.6. The van der Waals surface area contributed by atoms with Crippen LogP contribution in [0.15, 0.2) is 71.7 Å². The molecule has 3 heterocycles. The summed E-state index contributed by atoms with van der Waals surface area (Å²) in [6.45, 7) is 1.87. The minimum Gasteiger partial charge on any atom is -0.493 e. The molecule has 0 bridgehead atoms. The molecule has 5 aromatic rings. The number of hydrogen-bond donors (Lipinski definition) is 0. The van der Waals surface area contributed by atoms with Gasteiger partial charge in [-0.1, -0.05) is 30.3 Å². The molecule has 0 radical (unpaired) electrons. The van der Waals surface area contributed by atoms with Crippen molar-refractivity contribution in [3.05, 3.63) is 94.2 Å². The Morgan fingerprint density at radius 3 is 2.51 bits per heavy atom. The van der Waals surface area contributed by atoms with Gasteiger partial charge in [0.25, 0.3) is 5.56 Å². The fraction of sp³-hybridized carbons (Fsp3) is 0.111. The van der Waals surface area contributed by atoms with Crippen LogP contribution in [0, 0.1) is 18.3 Å². The van der Waals surface area contributed by atoms with Crippen molar-refractivity contribution in [2.24, 2.45) is 7.05 Å². The summed E-state index contributed by atoms with van der Waals surface area (Å²) < 4.78 is 14.8. The second-order valence-corrected chi connectivity index (χ2v) is 7.93. The summed E-state index contributed by atoms with van der Waals surface area (Å²) in [5.74, 6) is 1.40. The fourth-order valence-electron chi connectivity index (χ4n) is 3.98. The summed E-state index contributed by atoms with van der Waals surface area (Å²) in [4.78, 5) is 22.9. The van der Waals surface area contributed by atoms with Crippen LogP contribution >= 0.6 is 0 Å². The van der Waals surface area contributed by atoms with Gasteiger partial charge in [0, 0.05) is 13.2 Å². The van der Waals surface area contributed by atoms with Crippen LogP contribution in [0.25, 0.3) is 28.3 Å². The third-order valence-electron chi connectivity index (χ3n) is 5.76. The Bertz CT molecular complexity index is 1720. The minimum absolute atomic E-state index is 0.0697. The second kappa shape index (κ2) is 8.80. The van der Waals surface area contributed by atoms with Gasteiger partial charge in [0.05, 0.1) is 23.7 Å². The Morgan fingerprint density at radius 1 is 1.03 bits per heavy atom. The van der Waals surface area contributed by atoms with Gasteiger partial charge in [0.2, 0.25) is 5.88 Å². The molecule has 0 aliphatic rings. The van der Waals surface area contributed by atoms with Crippen molar-refractivity contribution in [2.45, 2.75) is 6.92 Å². The van der Waals surface area contributed by atoms with Crippen molar-refractivity contribution in [3.63, 3.8) is 0 Å². The third-order valence-corrected chi connectivity index (χ3v) is 5.76. The highest BCUT2D eigenvalue weighted by molar-refractivity contribution is 5.91. The zero-order valence-electron chi connectivity index (χ0n) is 19.4. The molecule has 5 rings (SSSR count). The highest BCUT2D eigenvalue weighted by atomic mass is 16.5. The normalized spacial score (nSPS) is 11.5. The number of methoxy groups -OCH3 is 1. The monoisotopic (exact) mass is 463 g/mol. The number of aromatic nitrogens is 4. The van der Waals surface area contributed by atoms with Gasteiger partial charge in [-0.3, -0.25) is 9.20 Å². The first-order chi connectivity index (χ1) is 17.0. The van der Waals surface area contributed by atoms with E-state index >= 15 is 0 Å². The van der Waals surface area contributed by atoms with Crippen molar-refractivity contribution in [1.82, 2.24) is 18.9 Å². The number of aryl methyl sites for hydroxylation is 2. The number of nitrogens with zero attached hydrogens (tertiary/aromatic N) is 5. The summed E-state index contributed by atoms with van der Waals surface area (Å²) in [6.07, 6.45) is 3.12. The molecular weight excluding hydrogens is 442 g/mol. The molecule has 8 nitrogen and oxygen atoms in total. The summed E-state index contributed by atoms with van der Waals surface area (Å²) in [5.41, 5.74) is 2.86. The number of pyridine rings is 1. The highest BCUT2D eigenvalue weighted by Crippen LogP contribution is 2.32. The predicted octanol–water partition coefficient (Wildman–Crippen LogP) is 4.75. The van der Waals surface area contributed by atoms with Gasteiger partial charge in [0.1, 0.15) is 17.3 Å². The summed E-state index contributed by atoms with van der Waals surface area (Å²) in [5, 5.41) is 10.0. The number of imidazole rings is 1. The Morgan fingerprint density at radius 2 is 1.77 bits per heavy atom. The number of allylic oxidation sites excluding steroid dienone is 1. The second-order valence-electron chi connectivity index (χ2n) is 7.93. The molecule has 0 saturated heterocycles. The third kappa shape index (κ3) is 3.79. The van der Waals surface area contributed by atoms with E-state index in [0.29, 0.717) is 23.0 Å². The highest BCUT2D eigenvalue weighted by Gasteiger charge is 2.19. The number of hydrogen-bond acceptors (Lipinski definition) is 6. The first-order valence-electron chi connectivity index (χ1n) is 10.9. The molecule has 8 heteroatoms. The Kier molecular flexibility index (Phi) is 5.51. The molecule has 0 N–H and O–H groups in total. The average Bonchev–Trinajstić information content (AvgIpc) is 3.21. The molecule has 35 heavy (non-hydrogen) atoms. The summed E-state index contributed by atoms with van der Waals surface area (Å²) >= 11 is 0. The van der Waals surface area contributed by atoms with Crippen molar-refractivity contribution in [2.75, 3.05) is 7.11 Å². The number of benzene rings is 2. The predicted molar refractivity (Wildman–Crippen MR) is 133 cm³/mol. The lowest BCUT2D eigenvalue weighted by atomic mass is 10.1. The zero-order valence-corrected chi connectivity index (χ0v) is 19.4. The molecule has 0 aliphatic carbocycles. The first-order valence-corrected chi connectivity index (χ1v) is 10.9. The molecule has 0 atom stereocenters. The van der Waals surface area contributed by atoms with Crippen molar-refractivity contribution < 1.29 is 9.47 Å². The molecule has 0 fully saturated rings. The molecule has 0 unspecified atom stereocenters. The van der Waals surface area contributed by atoms with Crippen LogP contribution in [-0.4, -0.2) is 26.0 Å². The van der Waals surface area contributed by atoms with E-state index < -0.39 is 0 Å². The van der Waals surface area contributed by atoms with Gasteiger partial charge in [-0.25, -0.2) is 4.98 Å². The molecule has 0 aliphatic heterocycles. The van der Waals surface area contributed by atoms with Crippen LogP contribution < -0.4 is 15.0 Å². The van der Waals surface area contributed by atoms with Crippen LogP contribution in [0.2, 0.25) is 0 Å². The van der Waals surface area contributed by atoms with Crippen LogP contribution in [0.3, 0.4) is 0 Å².